The SMILES string of the molecule is CC(NC(=O)C1=NNC(=O)CC1)C(=O)NC1CC1. The molecule has 1 heterocycles. The van der Waals surface area contributed by atoms with E-state index in [2.05, 4.69) is 21.2 Å². The van der Waals surface area contributed by atoms with E-state index in [0.717, 1.165) is 12.8 Å². The Bertz CT molecular complexity index is 415. The molecule has 7 nitrogen and oxygen atoms in total. The van der Waals surface area contributed by atoms with Crippen molar-refractivity contribution >= 4 is 23.4 Å². The highest BCUT2D eigenvalue weighted by molar-refractivity contribution is 6.39. The van der Waals surface area contributed by atoms with Gasteiger partial charge in [0.1, 0.15) is 11.8 Å². The van der Waals surface area contributed by atoms with Crippen LogP contribution in [0.3, 0.4) is 0 Å². The maximum absolute atomic E-state index is 11.7. The van der Waals surface area contributed by atoms with Crippen molar-refractivity contribution in [3.63, 3.8) is 0 Å². The molecule has 0 aromatic carbocycles. The lowest BCUT2D eigenvalue weighted by molar-refractivity contribution is -0.126. The largest absolute Gasteiger partial charge is 0.352 e. The molecular weight excluding hydrogens is 236 g/mol. The lowest BCUT2D eigenvalue weighted by Crippen LogP contribution is -2.48. The fraction of sp³-hybridized carbons (Fsp3) is 0.636. The Kier molecular flexibility index (Phi) is 3.59. The molecule has 3 N–H and O–H groups in total. The van der Waals surface area contributed by atoms with Gasteiger partial charge in [0.15, 0.2) is 0 Å². The Balaban J connectivity index is 1.82. The van der Waals surface area contributed by atoms with Crippen LogP contribution < -0.4 is 16.1 Å². The van der Waals surface area contributed by atoms with Crippen LogP contribution >= 0.6 is 0 Å². The quantitative estimate of drug-likeness (QED) is 0.600. The highest BCUT2D eigenvalue weighted by Crippen LogP contribution is 2.18. The number of carbonyl (C=O) groups is 3. The molecule has 98 valence electrons. The molecule has 0 saturated heterocycles. The fourth-order valence-corrected chi connectivity index (χ4v) is 1.54. The minimum atomic E-state index is -0.599. The maximum atomic E-state index is 11.7. The van der Waals surface area contributed by atoms with Crippen molar-refractivity contribution in [2.75, 3.05) is 0 Å². The zero-order chi connectivity index (χ0) is 13.1. The Morgan fingerprint density at radius 3 is 2.67 bits per heavy atom. The molecule has 0 aromatic rings. The zero-order valence-corrected chi connectivity index (χ0v) is 10.2. The van der Waals surface area contributed by atoms with Crippen LogP contribution in [0.2, 0.25) is 0 Å². The second kappa shape index (κ2) is 5.16. The van der Waals surface area contributed by atoms with Gasteiger partial charge < -0.3 is 10.6 Å². The van der Waals surface area contributed by atoms with Crippen molar-refractivity contribution in [3.05, 3.63) is 0 Å². The van der Waals surface area contributed by atoms with Crippen molar-refractivity contribution in [1.82, 2.24) is 16.1 Å². The van der Waals surface area contributed by atoms with E-state index in [4.69, 9.17) is 0 Å². The van der Waals surface area contributed by atoms with E-state index in [1.165, 1.54) is 0 Å². The first kappa shape index (κ1) is 12.5. The predicted octanol–water partition coefficient (Wildman–Crippen LogP) is -0.964. The average Bonchev–Trinajstić information content (AvgIpc) is 3.13. The summed E-state index contributed by atoms with van der Waals surface area (Å²) in [5.41, 5.74) is 2.50. The lowest BCUT2D eigenvalue weighted by Gasteiger charge is -2.16. The van der Waals surface area contributed by atoms with Gasteiger partial charge in [-0.2, -0.15) is 5.10 Å². The summed E-state index contributed by atoms with van der Waals surface area (Å²) in [5.74, 6) is -0.800. The molecule has 7 heteroatoms. The van der Waals surface area contributed by atoms with Crippen molar-refractivity contribution in [3.8, 4) is 0 Å². The van der Waals surface area contributed by atoms with E-state index >= 15 is 0 Å². The molecule has 1 aliphatic carbocycles. The molecule has 2 aliphatic rings. The number of nitrogens with one attached hydrogen (secondary N) is 3. The number of carbonyl (C=O) groups excluding carboxylic acids is 3. The van der Waals surface area contributed by atoms with E-state index < -0.39 is 11.9 Å². The molecule has 1 fully saturated rings. The summed E-state index contributed by atoms with van der Waals surface area (Å²) in [6.45, 7) is 1.62. The molecule has 1 atom stereocenters. The Hall–Kier alpha value is -1.92. The van der Waals surface area contributed by atoms with E-state index in [0.29, 0.717) is 6.42 Å². The summed E-state index contributed by atoms with van der Waals surface area (Å²) in [4.78, 5) is 34.3. The van der Waals surface area contributed by atoms with E-state index in [1.807, 2.05) is 0 Å². The standard InChI is InChI=1S/C11H16N4O3/c1-6(10(17)13-7-2-3-7)12-11(18)8-4-5-9(16)15-14-8/h6-7H,2-5H2,1H3,(H,12,18)(H,13,17)(H,15,16). The molecule has 18 heavy (non-hydrogen) atoms. The number of amides is 3. The van der Waals surface area contributed by atoms with Gasteiger partial charge in [-0.15, -0.1) is 0 Å². The van der Waals surface area contributed by atoms with Gasteiger partial charge in [-0.25, -0.2) is 5.43 Å². The third-order valence-electron chi connectivity index (χ3n) is 2.83. The Morgan fingerprint density at radius 1 is 1.39 bits per heavy atom. The van der Waals surface area contributed by atoms with Crippen LogP contribution in [0.15, 0.2) is 5.10 Å². The molecular formula is C11H16N4O3. The number of hydrogen-bond donors (Lipinski definition) is 3. The smallest absolute Gasteiger partial charge is 0.268 e. The first-order valence-corrected chi connectivity index (χ1v) is 6.03. The van der Waals surface area contributed by atoms with Gasteiger partial charge in [-0.3, -0.25) is 14.4 Å². The first-order chi connectivity index (χ1) is 8.56. The summed E-state index contributed by atoms with van der Waals surface area (Å²) in [5, 5.41) is 9.04. The minimum Gasteiger partial charge on any atom is -0.352 e. The van der Waals surface area contributed by atoms with Gasteiger partial charge in [-0.05, 0) is 19.8 Å². The molecule has 0 spiro atoms. The Labute approximate surface area is 104 Å². The lowest BCUT2D eigenvalue weighted by atomic mass is 10.1. The van der Waals surface area contributed by atoms with E-state index in [-0.39, 0.29) is 30.0 Å². The minimum absolute atomic E-state index is 0.189. The fourth-order valence-electron chi connectivity index (χ4n) is 1.54. The molecule has 0 bridgehead atoms. The molecule has 1 unspecified atom stereocenters. The first-order valence-electron chi connectivity index (χ1n) is 6.03. The summed E-state index contributed by atoms with van der Waals surface area (Å²) < 4.78 is 0. The van der Waals surface area contributed by atoms with Crippen LogP contribution in [0.25, 0.3) is 0 Å². The van der Waals surface area contributed by atoms with Gasteiger partial charge in [-0.1, -0.05) is 0 Å². The molecule has 3 amide bonds. The third kappa shape index (κ3) is 3.28. The highest BCUT2D eigenvalue weighted by atomic mass is 16.2. The topological polar surface area (TPSA) is 99.7 Å². The van der Waals surface area contributed by atoms with Crippen LogP contribution in [0.5, 0.6) is 0 Å². The van der Waals surface area contributed by atoms with Crippen molar-refractivity contribution in [1.29, 1.82) is 0 Å². The van der Waals surface area contributed by atoms with Gasteiger partial charge in [0, 0.05) is 18.9 Å². The molecule has 0 radical (unpaired) electrons. The molecule has 0 aromatic heterocycles. The summed E-state index contributed by atoms with van der Waals surface area (Å²) in [7, 11) is 0. The number of hydrazone groups is 1. The monoisotopic (exact) mass is 252 g/mol. The van der Waals surface area contributed by atoms with E-state index in [9.17, 15) is 14.4 Å². The second-order valence-electron chi connectivity index (χ2n) is 4.57. The summed E-state index contributed by atoms with van der Waals surface area (Å²) in [6.07, 6.45) is 2.56. The number of nitrogens with zero attached hydrogens (tertiary/aromatic N) is 1. The van der Waals surface area contributed by atoms with E-state index in [1.54, 1.807) is 6.92 Å². The molecule has 2 rings (SSSR count). The summed E-state index contributed by atoms with van der Waals surface area (Å²) >= 11 is 0. The molecule has 1 aliphatic heterocycles. The van der Waals surface area contributed by atoms with Crippen molar-refractivity contribution in [2.45, 2.75) is 44.7 Å². The van der Waals surface area contributed by atoms with Crippen LogP contribution in [0.4, 0.5) is 0 Å². The summed E-state index contributed by atoms with van der Waals surface area (Å²) in [6, 6.07) is -0.332. The van der Waals surface area contributed by atoms with Crippen molar-refractivity contribution in [2.24, 2.45) is 5.10 Å². The van der Waals surface area contributed by atoms with Crippen LogP contribution in [-0.4, -0.2) is 35.5 Å². The molecule has 1 saturated carbocycles. The third-order valence-corrected chi connectivity index (χ3v) is 2.83. The second-order valence-corrected chi connectivity index (χ2v) is 4.57. The van der Waals surface area contributed by atoms with Crippen LogP contribution in [-0.2, 0) is 14.4 Å². The van der Waals surface area contributed by atoms with Gasteiger partial charge in [0.2, 0.25) is 11.8 Å². The van der Waals surface area contributed by atoms with Gasteiger partial charge >= 0.3 is 0 Å². The number of hydrogen-bond acceptors (Lipinski definition) is 4. The predicted molar refractivity (Wildman–Crippen MR) is 63.6 cm³/mol. The zero-order valence-electron chi connectivity index (χ0n) is 10.2. The maximum Gasteiger partial charge on any atom is 0.268 e. The van der Waals surface area contributed by atoms with Gasteiger partial charge in [0.25, 0.3) is 5.91 Å². The van der Waals surface area contributed by atoms with Gasteiger partial charge in [0.05, 0.1) is 0 Å². The highest BCUT2D eigenvalue weighted by Gasteiger charge is 2.27. The number of rotatable bonds is 4. The van der Waals surface area contributed by atoms with Crippen LogP contribution in [0.1, 0.15) is 32.6 Å². The normalized spacial score (nSPS) is 20.5. The Morgan fingerprint density at radius 2 is 2.11 bits per heavy atom. The van der Waals surface area contributed by atoms with Crippen LogP contribution in [0, 0.1) is 0 Å². The van der Waals surface area contributed by atoms with Crippen molar-refractivity contribution < 1.29 is 14.4 Å². The average molecular weight is 252 g/mol.